The fourth-order valence-corrected chi connectivity index (χ4v) is 2.75. The molecule has 2 atom stereocenters. The van der Waals surface area contributed by atoms with Crippen molar-refractivity contribution in [2.24, 2.45) is 11.8 Å². The predicted octanol–water partition coefficient (Wildman–Crippen LogP) is 2.85. The quantitative estimate of drug-likeness (QED) is 0.770. The van der Waals surface area contributed by atoms with Crippen LogP contribution in [-0.4, -0.2) is 28.9 Å². The van der Waals surface area contributed by atoms with E-state index < -0.39 is 0 Å². The lowest BCUT2D eigenvalue weighted by molar-refractivity contribution is 0.0623. The molecule has 0 aromatic carbocycles. The Bertz CT molecular complexity index is 412. The molecule has 0 radical (unpaired) electrons. The number of hydrogen-bond acceptors (Lipinski definition) is 2. The van der Waals surface area contributed by atoms with Gasteiger partial charge in [-0.05, 0) is 24.3 Å². The minimum Gasteiger partial charge on any atom is -0.338 e. The molecule has 2 unspecified atom stereocenters. The summed E-state index contributed by atoms with van der Waals surface area (Å²) < 4.78 is 0. The van der Waals surface area contributed by atoms with Crippen LogP contribution in [0, 0.1) is 11.8 Å². The van der Waals surface area contributed by atoms with E-state index in [9.17, 15) is 4.79 Å². The number of pyridine rings is 1. The van der Waals surface area contributed by atoms with Crippen LogP contribution in [0.15, 0.2) is 18.5 Å². The number of amides is 1. The Balaban J connectivity index is 2.17. The van der Waals surface area contributed by atoms with E-state index in [1.807, 2.05) is 4.90 Å². The number of likely N-dealkylation sites (tertiary alicyclic amines) is 1. The second kappa shape index (κ2) is 5.05. The standard InChI is InChI=1S/C13H17ClN2O/c1-9-5-10(2)8-16(7-9)13(17)11-3-4-15-6-12(11)14/h3-4,6,9-10H,5,7-8H2,1-2H3. The molecule has 1 fully saturated rings. The average Bonchev–Trinajstić information content (AvgIpc) is 2.27. The fourth-order valence-electron chi connectivity index (χ4n) is 2.55. The largest absolute Gasteiger partial charge is 0.338 e. The maximum absolute atomic E-state index is 12.3. The van der Waals surface area contributed by atoms with Crippen LogP contribution in [0.3, 0.4) is 0 Å². The van der Waals surface area contributed by atoms with Crippen molar-refractivity contribution in [3.05, 3.63) is 29.0 Å². The molecule has 3 nitrogen and oxygen atoms in total. The van der Waals surface area contributed by atoms with Gasteiger partial charge in [0.15, 0.2) is 0 Å². The molecule has 1 aliphatic rings. The highest BCUT2D eigenvalue weighted by atomic mass is 35.5. The minimum absolute atomic E-state index is 0.0239. The molecule has 2 rings (SSSR count). The van der Waals surface area contributed by atoms with Crippen LogP contribution >= 0.6 is 11.6 Å². The molecule has 0 N–H and O–H groups in total. The van der Waals surface area contributed by atoms with Crippen LogP contribution in [0.5, 0.6) is 0 Å². The summed E-state index contributed by atoms with van der Waals surface area (Å²) in [6.07, 6.45) is 4.31. The number of piperidine rings is 1. The molecule has 1 saturated heterocycles. The van der Waals surface area contributed by atoms with Gasteiger partial charge in [0.1, 0.15) is 0 Å². The molecule has 2 heterocycles. The molecular formula is C13H17ClN2O. The highest BCUT2D eigenvalue weighted by Gasteiger charge is 2.26. The highest BCUT2D eigenvalue weighted by molar-refractivity contribution is 6.33. The molecule has 1 aromatic rings. The zero-order valence-electron chi connectivity index (χ0n) is 10.2. The summed E-state index contributed by atoms with van der Waals surface area (Å²) in [7, 11) is 0. The van der Waals surface area contributed by atoms with E-state index in [-0.39, 0.29) is 5.91 Å². The Labute approximate surface area is 107 Å². The minimum atomic E-state index is 0.0239. The first-order chi connectivity index (χ1) is 8.08. The lowest BCUT2D eigenvalue weighted by Crippen LogP contribution is -2.42. The number of halogens is 1. The van der Waals surface area contributed by atoms with E-state index in [2.05, 4.69) is 18.8 Å². The Kier molecular flexibility index (Phi) is 3.67. The van der Waals surface area contributed by atoms with Crippen molar-refractivity contribution in [3.63, 3.8) is 0 Å². The summed E-state index contributed by atoms with van der Waals surface area (Å²) in [6, 6.07) is 1.69. The van der Waals surface area contributed by atoms with E-state index in [4.69, 9.17) is 11.6 Å². The summed E-state index contributed by atoms with van der Waals surface area (Å²) in [5, 5.41) is 0.434. The van der Waals surface area contributed by atoms with Crippen LogP contribution in [0.25, 0.3) is 0 Å². The van der Waals surface area contributed by atoms with Gasteiger partial charge in [-0.1, -0.05) is 25.4 Å². The monoisotopic (exact) mass is 252 g/mol. The topological polar surface area (TPSA) is 33.2 Å². The van der Waals surface area contributed by atoms with E-state index in [1.54, 1.807) is 12.3 Å². The fraction of sp³-hybridized carbons (Fsp3) is 0.538. The third-order valence-electron chi connectivity index (χ3n) is 3.16. The molecule has 1 amide bonds. The number of carbonyl (C=O) groups excluding carboxylic acids is 1. The van der Waals surface area contributed by atoms with Gasteiger partial charge in [-0.25, -0.2) is 0 Å². The van der Waals surface area contributed by atoms with E-state index >= 15 is 0 Å². The molecule has 1 aromatic heterocycles. The van der Waals surface area contributed by atoms with Crippen molar-refractivity contribution in [3.8, 4) is 0 Å². The molecule has 0 aliphatic carbocycles. The maximum atomic E-state index is 12.3. The highest BCUT2D eigenvalue weighted by Crippen LogP contribution is 2.24. The first-order valence-corrected chi connectivity index (χ1v) is 6.34. The van der Waals surface area contributed by atoms with Crippen molar-refractivity contribution < 1.29 is 4.79 Å². The summed E-state index contributed by atoms with van der Waals surface area (Å²) in [5.74, 6) is 1.14. The van der Waals surface area contributed by atoms with Crippen LogP contribution in [0.4, 0.5) is 0 Å². The first kappa shape index (κ1) is 12.4. The van der Waals surface area contributed by atoms with Gasteiger partial charge in [0.2, 0.25) is 0 Å². The van der Waals surface area contributed by atoms with Gasteiger partial charge in [-0.3, -0.25) is 9.78 Å². The molecule has 0 bridgehead atoms. The van der Waals surface area contributed by atoms with Gasteiger partial charge in [-0.2, -0.15) is 0 Å². The maximum Gasteiger partial charge on any atom is 0.255 e. The zero-order valence-corrected chi connectivity index (χ0v) is 10.9. The summed E-state index contributed by atoms with van der Waals surface area (Å²) in [5.41, 5.74) is 0.558. The average molecular weight is 253 g/mol. The number of carbonyl (C=O) groups is 1. The van der Waals surface area contributed by atoms with E-state index in [0.717, 1.165) is 13.1 Å². The normalized spacial score (nSPS) is 24.8. The second-order valence-electron chi connectivity index (χ2n) is 5.01. The van der Waals surface area contributed by atoms with Crippen LogP contribution < -0.4 is 0 Å². The van der Waals surface area contributed by atoms with Gasteiger partial charge in [-0.15, -0.1) is 0 Å². The van der Waals surface area contributed by atoms with Crippen molar-refractivity contribution in [1.29, 1.82) is 0 Å². The van der Waals surface area contributed by atoms with Crippen molar-refractivity contribution in [1.82, 2.24) is 9.88 Å². The number of nitrogens with zero attached hydrogens (tertiary/aromatic N) is 2. The van der Waals surface area contributed by atoms with Gasteiger partial charge >= 0.3 is 0 Å². The zero-order chi connectivity index (χ0) is 12.4. The molecule has 0 spiro atoms. The molecule has 4 heteroatoms. The molecule has 92 valence electrons. The Hall–Kier alpha value is -1.09. The Morgan fingerprint density at radius 1 is 1.41 bits per heavy atom. The Morgan fingerprint density at radius 3 is 2.65 bits per heavy atom. The van der Waals surface area contributed by atoms with Crippen LogP contribution in [-0.2, 0) is 0 Å². The second-order valence-corrected chi connectivity index (χ2v) is 5.42. The number of aromatic nitrogens is 1. The van der Waals surface area contributed by atoms with E-state index in [1.165, 1.54) is 12.6 Å². The van der Waals surface area contributed by atoms with E-state index in [0.29, 0.717) is 22.4 Å². The predicted molar refractivity (Wildman–Crippen MR) is 68.1 cm³/mol. The van der Waals surface area contributed by atoms with Gasteiger partial charge in [0.05, 0.1) is 10.6 Å². The third kappa shape index (κ3) is 2.78. The summed E-state index contributed by atoms with van der Waals surface area (Å²) in [4.78, 5) is 18.1. The molecule has 17 heavy (non-hydrogen) atoms. The third-order valence-corrected chi connectivity index (χ3v) is 3.46. The smallest absolute Gasteiger partial charge is 0.255 e. The molecular weight excluding hydrogens is 236 g/mol. The summed E-state index contributed by atoms with van der Waals surface area (Å²) >= 11 is 6.00. The van der Waals surface area contributed by atoms with Crippen molar-refractivity contribution >= 4 is 17.5 Å². The molecule has 0 saturated carbocycles. The number of hydrogen-bond donors (Lipinski definition) is 0. The van der Waals surface area contributed by atoms with Crippen LogP contribution in [0.2, 0.25) is 5.02 Å². The lowest BCUT2D eigenvalue weighted by atomic mass is 9.91. The summed E-state index contributed by atoms with van der Waals surface area (Å²) in [6.45, 7) is 6.01. The SMILES string of the molecule is CC1CC(C)CN(C(=O)c2ccncc2Cl)C1. The van der Waals surface area contributed by atoms with Crippen molar-refractivity contribution in [2.75, 3.05) is 13.1 Å². The van der Waals surface area contributed by atoms with Gasteiger partial charge in [0.25, 0.3) is 5.91 Å². The van der Waals surface area contributed by atoms with Gasteiger partial charge in [0, 0.05) is 25.5 Å². The van der Waals surface area contributed by atoms with Crippen molar-refractivity contribution in [2.45, 2.75) is 20.3 Å². The Morgan fingerprint density at radius 2 is 2.06 bits per heavy atom. The number of rotatable bonds is 1. The van der Waals surface area contributed by atoms with Crippen LogP contribution in [0.1, 0.15) is 30.6 Å². The first-order valence-electron chi connectivity index (χ1n) is 5.96. The molecule has 1 aliphatic heterocycles. The lowest BCUT2D eigenvalue weighted by Gasteiger charge is -2.35. The van der Waals surface area contributed by atoms with Gasteiger partial charge < -0.3 is 4.90 Å².